The van der Waals surface area contributed by atoms with E-state index < -0.39 is 0 Å². The predicted molar refractivity (Wildman–Crippen MR) is 116 cm³/mol. The first-order valence-electron chi connectivity index (χ1n) is 9.89. The summed E-state index contributed by atoms with van der Waals surface area (Å²) in [6.07, 6.45) is 1.80. The molecule has 0 saturated heterocycles. The molecule has 31 heavy (non-hydrogen) atoms. The smallest absolute Gasteiger partial charge is 0.189 e. The minimum absolute atomic E-state index is 0.293. The van der Waals surface area contributed by atoms with E-state index in [1.54, 1.807) is 20.4 Å². The van der Waals surface area contributed by atoms with Gasteiger partial charge in [-0.1, -0.05) is 12.1 Å². The van der Waals surface area contributed by atoms with Crippen LogP contribution in [0.4, 0.5) is 5.82 Å². The highest BCUT2D eigenvalue weighted by Gasteiger charge is 2.15. The van der Waals surface area contributed by atoms with Crippen molar-refractivity contribution in [2.75, 3.05) is 26.3 Å². The Morgan fingerprint density at radius 1 is 1.06 bits per heavy atom. The fraction of sp³-hybridized carbons (Fsp3) is 0.217. The number of imidazole rings is 1. The molecule has 8 nitrogen and oxygen atoms in total. The number of fused-ring (bicyclic) bond motifs is 2. The molecule has 4 aromatic rings. The van der Waals surface area contributed by atoms with E-state index in [-0.39, 0.29) is 0 Å². The zero-order chi connectivity index (χ0) is 21.2. The van der Waals surface area contributed by atoms with E-state index in [1.165, 1.54) is 0 Å². The fourth-order valence-electron chi connectivity index (χ4n) is 3.67. The molecule has 158 valence electrons. The molecule has 5 rings (SSSR count). The number of anilines is 1. The van der Waals surface area contributed by atoms with Gasteiger partial charge in [-0.2, -0.15) is 0 Å². The van der Waals surface area contributed by atoms with Crippen LogP contribution < -0.4 is 19.5 Å². The average molecular weight is 418 g/mol. The summed E-state index contributed by atoms with van der Waals surface area (Å²) in [4.78, 5) is 4.48. The van der Waals surface area contributed by atoms with E-state index in [1.807, 2.05) is 47.0 Å². The number of hydrogen-bond donors (Lipinski definition) is 1. The standard InChI is InChI=1S/C23H22N4O4/c1-28-20-7-6-15(10-21(20)29-2)18-12-25-23-9-8-22(26-27(18)23)24-11-16-4-3-5-19-17(16)13-30-14-31-19/h3-10,12H,11,13-14H2,1-2H3,(H,24,26). The summed E-state index contributed by atoms with van der Waals surface area (Å²) in [7, 11) is 3.24. The Hall–Kier alpha value is -3.78. The summed E-state index contributed by atoms with van der Waals surface area (Å²) in [6, 6.07) is 15.6. The molecule has 1 aliphatic rings. The third kappa shape index (κ3) is 3.62. The highest BCUT2D eigenvalue weighted by Crippen LogP contribution is 2.32. The largest absolute Gasteiger partial charge is 0.493 e. The van der Waals surface area contributed by atoms with E-state index in [0.717, 1.165) is 39.6 Å². The highest BCUT2D eigenvalue weighted by atomic mass is 16.7. The van der Waals surface area contributed by atoms with Gasteiger partial charge in [-0.25, -0.2) is 9.50 Å². The van der Waals surface area contributed by atoms with Gasteiger partial charge in [0.15, 0.2) is 23.9 Å². The molecule has 0 aliphatic carbocycles. The van der Waals surface area contributed by atoms with E-state index in [9.17, 15) is 0 Å². The molecule has 0 amide bonds. The summed E-state index contributed by atoms with van der Waals surface area (Å²) in [5, 5.41) is 8.14. The van der Waals surface area contributed by atoms with Crippen molar-refractivity contribution in [1.29, 1.82) is 0 Å². The monoisotopic (exact) mass is 418 g/mol. The van der Waals surface area contributed by atoms with Crippen molar-refractivity contribution in [2.45, 2.75) is 13.2 Å². The zero-order valence-corrected chi connectivity index (χ0v) is 17.3. The minimum atomic E-state index is 0.293. The fourth-order valence-corrected chi connectivity index (χ4v) is 3.67. The van der Waals surface area contributed by atoms with Gasteiger partial charge in [0.1, 0.15) is 11.6 Å². The normalized spacial score (nSPS) is 12.8. The number of hydrogen-bond acceptors (Lipinski definition) is 7. The van der Waals surface area contributed by atoms with Crippen LogP contribution in [0.1, 0.15) is 11.1 Å². The Kier molecular flexibility index (Phi) is 5.05. The van der Waals surface area contributed by atoms with Crippen LogP contribution in [0.25, 0.3) is 16.9 Å². The number of rotatable bonds is 6. The summed E-state index contributed by atoms with van der Waals surface area (Å²) in [6.45, 7) is 1.45. The SMILES string of the molecule is COc1ccc(-c2cnc3ccc(NCc4cccc5c4COCO5)nn23)cc1OC. The van der Waals surface area contributed by atoms with E-state index in [0.29, 0.717) is 31.4 Å². The predicted octanol–water partition coefficient (Wildman–Crippen LogP) is 3.89. The van der Waals surface area contributed by atoms with Crippen LogP contribution in [0.5, 0.6) is 17.2 Å². The lowest BCUT2D eigenvalue weighted by atomic mass is 10.1. The van der Waals surface area contributed by atoms with Gasteiger partial charge in [0.25, 0.3) is 0 Å². The molecular weight excluding hydrogens is 396 g/mol. The molecule has 0 radical (unpaired) electrons. The van der Waals surface area contributed by atoms with Gasteiger partial charge in [0.05, 0.1) is 32.7 Å². The minimum Gasteiger partial charge on any atom is -0.493 e. The van der Waals surface area contributed by atoms with E-state index in [4.69, 9.17) is 24.0 Å². The molecule has 0 saturated carbocycles. The Morgan fingerprint density at radius 2 is 1.97 bits per heavy atom. The molecule has 2 aromatic carbocycles. The number of methoxy groups -OCH3 is 2. The zero-order valence-electron chi connectivity index (χ0n) is 17.3. The first-order valence-corrected chi connectivity index (χ1v) is 9.89. The third-order valence-electron chi connectivity index (χ3n) is 5.28. The van der Waals surface area contributed by atoms with Gasteiger partial charge in [-0.15, -0.1) is 5.10 Å². The second kappa shape index (κ2) is 8.16. The van der Waals surface area contributed by atoms with Gasteiger partial charge in [-0.05, 0) is 42.0 Å². The summed E-state index contributed by atoms with van der Waals surface area (Å²) < 4.78 is 23.6. The Labute approximate surface area is 179 Å². The Morgan fingerprint density at radius 3 is 2.84 bits per heavy atom. The lowest BCUT2D eigenvalue weighted by molar-refractivity contribution is -0.0168. The van der Waals surface area contributed by atoms with Crippen molar-refractivity contribution in [3.8, 4) is 28.5 Å². The quantitative estimate of drug-likeness (QED) is 0.509. The summed E-state index contributed by atoms with van der Waals surface area (Å²) >= 11 is 0. The number of benzene rings is 2. The molecule has 0 spiro atoms. The number of ether oxygens (including phenoxy) is 4. The van der Waals surface area contributed by atoms with Crippen LogP contribution >= 0.6 is 0 Å². The van der Waals surface area contributed by atoms with E-state index >= 15 is 0 Å². The maximum absolute atomic E-state index is 5.57. The summed E-state index contributed by atoms with van der Waals surface area (Å²) in [5.74, 6) is 2.94. The van der Waals surface area contributed by atoms with Crippen molar-refractivity contribution in [1.82, 2.24) is 14.6 Å². The molecule has 3 heterocycles. The summed E-state index contributed by atoms with van der Waals surface area (Å²) in [5.41, 5.74) is 4.73. The number of nitrogens with zero attached hydrogens (tertiary/aromatic N) is 3. The van der Waals surface area contributed by atoms with Gasteiger partial charge in [0, 0.05) is 17.7 Å². The second-order valence-electron chi connectivity index (χ2n) is 7.06. The third-order valence-corrected chi connectivity index (χ3v) is 5.28. The molecule has 0 fully saturated rings. The number of aromatic nitrogens is 3. The van der Waals surface area contributed by atoms with Crippen molar-refractivity contribution in [3.63, 3.8) is 0 Å². The first-order chi connectivity index (χ1) is 15.3. The van der Waals surface area contributed by atoms with Crippen LogP contribution in [0.15, 0.2) is 54.7 Å². The molecule has 1 N–H and O–H groups in total. The van der Waals surface area contributed by atoms with Crippen molar-refractivity contribution in [2.24, 2.45) is 0 Å². The van der Waals surface area contributed by atoms with Crippen LogP contribution in [0.2, 0.25) is 0 Å². The maximum Gasteiger partial charge on any atom is 0.189 e. The molecule has 0 bridgehead atoms. The second-order valence-corrected chi connectivity index (χ2v) is 7.06. The van der Waals surface area contributed by atoms with Gasteiger partial charge in [-0.3, -0.25) is 0 Å². The van der Waals surface area contributed by atoms with Gasteiger partial charge < -0.3 is 24.3 Å². The van der Waals surface area contributed by atoms with Gasteiger partial charge in [0.2, 0.25) is 0 Å². The average Bonchev–Trinajstić information content (AvgIpc) is 3.25. The molecular formula is C23H22N4O4. The lowest BCUT2D eigenvalue weighted by Gasteiger charge is -2.20. The van der Waals surface area contributed by atoms with Crippen molar-refractivity contribution in [3.05, 3.63) is 65.9 Å². The van der Waals surface area contributed by atoms with Crippen molar-refractivity contribution < 1.29 is 18.9 Å². The van der Waals surface area contributed by atoms with Gasteiger partial charge >= 0.3 is 0 Å². The molecule has 2 aromatic heterocycles. The molecule has 0 atom stereocenters. The molecule has 1 aliphatic heterocycles. The maximum atomic E-state index is 5.57. The first kappa shape index (κ1) is 19.2. The Bertz CT molecular complexity index is 1240. The number of nitrogens with one attached hydrogen (secondary N) is 1. The highest BCUT2D eigenvalue weighted by molar-refractivity contribution is 5.67. The van der Waals surface area contributed by atoms with E-state index in [2.05, 4.69) is 16.4 Å². The molecule has 8 heteroatoms. The lowest BCUT2D eigenvalue weighted by Crippen LogP contribution is -2.14. The van der Waals surface area contributed by atoms with Crippen LogP contribution in [0, 0.1) is 0 Å². The topological polar surface area (TPSA) is 79.1 Å². The van der Waals surface area contributed by atoms with Crippen LogP contribution in [-0.2, 0) is 17.9 Å². The van der Waals surface area contributed by atoms with Crippen LogP contribution in [-0.4, -0.2) is 35.6 Å². The van der Waals surface area contributed by atoms with Crippen molar-refractivity contribution >= 4 is 11.5 Å². The van der Waals surface area contributed by atoms with Crippen LogP contribution in [0.3, 0.4) is 0 Å². The molecule has 0 unspecified atom stereocenters. The Balaban J connectivity index is 1.43.